The highest BCUT2D eigenvalue weighted by atomic mass is 19.1. The summed E-state index contributed by atoms with van der Waals surface area (Å²) < 4.78 is 28.5. The van der Waals surface area contributed by atoms with E-state index in [1.165, 1.54) is 50.8 Å². The topological polar surface area (TPSA) is 89.4 Å². The normalized spacial score (nSPS) is 10.5. The van der Waals surface area contributed by atoms with Crippen LogP contribution in [-0.2, 0) is 4.79 Å². The lowest BCUT2D eigenvalue weighted by molar-refractivity contribution is -0.123. The summed E-state index contributed by atoms with van der Waals surface area (Å²) in [5.41, 5.74) is 2.78. The van der Waals surface area contributed by atoms with Gasteiger partial charge in [0, 0.05) is 5.56 Å². The lowest BCUT2D eigenvalue weighted by Gasteiger charge is -2.09. The van der Waals surface area contributed by atoms with Crippen LogP contribution in [0.2, 0.25) is 0 Å². The largest absolute Gasteiger partial charge is 0.502 e. The van der Waals surface area contributed by atoms with Crippen molar-refractivity contribution in [3.05, 3.63) is 47.8 Å². The molecular weight excluding hydrogens is 331 g/mol. The van der Waals surface area contributed by atoms with Crippen LogP contribution in [0.25, 0.3) is 0 Å². The van der Waals surface area contributed by atoms with Crippen molar-refractivity contribution in [3.63, 3.8) is 0 Å². The highest BCUT2D eigenvalue weighted by Gasteiger charge is 2.10. The molecule has 0 spiro atoms. The first-order valence-electron chi connectivity index (χ1n) is 7.19. The molecule has 7 nitrogen and oxygen atoms in total. The maximum atomic E-state index is 13.4. The van der Waals surface area contributed by atoms with Crippen molar-refractivity contribution in [2.45, 2.75) is 0 Å². The van der Waals surface area contributed by atoms with E-state index < -0.39 is 11.7 Å². The Balaban J connectivity index is 1.94. The van der Waals surface area contributed by atoms with Crippen LogP contribution in [0, 0.1) is 5.82 Å². The smallest absolute Gasteiger partial charge is 0.277 e. The number of nitrogens with zero attached hydrogens (tertiary/aromatic N) is 1. The SMILES string of the molecule is COc1cc(C=NNC(=O)COc2ccccc2F)cc(OC)c1O. The van der Waals surface area contributed by atoms with Crippen molar-refractivity contribution in [1.82, 2.24) is 5.43 Å². The maximum Gasteiger partial charge on any atom is 0.277 e. The molecule has 0 saturated heterocycles. The molecule has 0 atom stereocenters. The predicted molar refractivity (Wildman–Crippen MR) is 88.8 cm³/mol. The van der Waals surface area contributed by atoms with Gasteiger partial charge in [0.05, 0.1) is 20.4 Å². The summed E-state index contributed by atoms with van der Waals surface area (Å²) in [6, 6.07) is 8.80. The van der Waals surface area contributed by atoms with Gasteiger partial charge in [-0.25, -0.2) is 9.82 Å². The molecule has 0 heterocycles. The second-order valence-corrected chi connectivity index (χ2v) is 4.79. The molecule has 132 valence electrons. The standard InChI is InChI=1S/C17H17FN2O5/c1-23-14-7-11(8-15(24-2)17(14)22)9-19-20-16(21)10-25-13-6-4-3-5-12(13)18/h3-9,22H,10H2,1-2H3,(H,20,21). The van der Waals surface area contributed by atoms with Gasteiger partial charge in [-0.1, -0.05) is 12.1 Å². The minimum atomic E-state index is -0.558. The van der Waals surface area contributed by atoms with E-state index in [0.29, 0.717) is 5.56 Å². The summed E-state index contributed by atoms with van der Waals surface area (Å²) in [5, 5.41) is 13.6. The summed E-state index contributed by atoms with van der Waals surface area (Å²) >= 11 is 0. The molecule has 0 fully saturated rings. The van der Waals surface area contributed by atoms with E-state index in [4.69, 9.17) is 14.2 Å². The molecule has 0 bridgehead atoms. The number of phenolic OH excluding ortho intramolecular Hbond substituents is 1. The average molecular weight is 348 g/mol. The third-order valence-electron chi connectivity index (χ3n) is 3.10. The van der Waals surface area contributed by atoms with Crippen LogP contribution in [0.1, 0.15) is 5.56 Å². The monoisotopic (exact) mass is 348 g/mol. The zero-order chi connectivity index (χ0) is 18.2. The molecular formula is C17H17FN2O5. The zero-order valence-electron chi connectivity index (χ0n) is 13.7. The molecule has 0 aliphatic carbocycles. The number of methoxy groups -OCH3 is 2. The minimum absolute atomic E-state index is 0.0189. The van der Waals surface area contributed by atoms with Crippen LogP contribution < -0.4 is 19.6 Å². The Kier molecular flexibility index (Phi) is 6.16. The molecule has 25 heavy (non-hydrogen) atoms. The third-order valence-corrected chi connectivity index (χ3v) is 3.10. The Labute approximate surface area is 143 Å². The van der Waals surface area contributed by atoms with Crippen molar-refractivity contribution in [2.24, 2.45) is 5.10 Å². The lowest BCUT2D eigenvalue weighted by atomic mass is 10.2. The number of hydrogen-bond acceptors (Lipinski definition) is 6. The van der Waals surface area contributed by atoms with Crippen molar-refractivity contribution < 1.29 is 28.5 Å². The average Bonchev–Trinajstić information content (AvgIpc) is 2.62. The van der Waals surface area contributed by atoms with Gasteiger partial charge < -0.3 is 19.3 Å². The highest BCUT2D eigenvalue weighted by molar-refractivity contribution is 5.84. The van der Waals surface area contributed by atoms with Gasteiger partial charge in [-0.3, -0.25) is 4.79 Å². The molecule has 0 aliphatic rings. The van der Waals surface area contributed by atoms with Crippen LogP contribution in [-0.4, -0.2) is 38.1 Å². The van der Waals surface area contributed by atoms with E-state index in [-0.39, 0.29) is 29.6 Å². The molecule has 2 aromatic carbocycles. The number of hydrazone groups is 1. The quantitative estimate of drug-likeness (QED) is 0.591. The maximum absolute atomic E-state index is 13.4. The molecule has 2 rings (SSSR count). The van der Waals surface area contributed by atoms with Crippen molar-refractivity contribution in [3.8, 4) is 23.0 Å². The number of carbonyl (C=O) groups is 1. The van der Waals surface area contributed by atoms with Crippen molar-refractivity contribution >= 4 is 12.1 Å². The first-order chi connectivity index (χ1) is 12.0. The van der Waals surface area contributed by atoms with Crippen LogP contribution in [0.5, 0.6) is 23.0 Å². The summed E-state index contributed by atoms with van der Waals surface area (Å²) in [6.07, 6.45) is 1.34. The Morgan fingerprint density at radius 1 is 1.20 bits per heavy atom. The van der Waals surface area contributed by atoms with Crippen molar-refractivity contribution in [2.75, 3.05) is 20.8 Å². The van der Waals surface area contributed by atoms with Gasteiger partial charge in [-0.2, -0.15) is 5.10 Å². The van der Waals surface area contributed by atoms with Gasteiger partial charge in [0.15, 0.2) is 29.7 Å². The Bertz CT molecular complexity index is 754. The highest BCUT2D eigenvalue weighted by Crippen LogP contribution is 2.36. The molecule has 8 heteroatoms. The van der Waals surface area contributed by atoms with Gasteiger partial charge in [-0.15, -0.1) is 0 Å². The number of amides is 1. The molecule has 0 saturated carbocycles. The number of phenols is 1. The fourth-order valence-corrected chi connectivity index (χ4v) is 1.90. The zero-order valence-corrected chi connectivity index (χ0v) is 13.7. The number of benzene rings is 2. The lowest BCUT2D eigenvalue weighted by Crippen LogP contribution is -2.24. The third kappa shape index (κ3) is 4.84. The molecule has 1 amide bonds. The first kappa shape index (κ1) is 18.1. The van der Waals surface area contributed by atoms with Gasteiger partial charge >= 0.3 is 0 Å². The number of ether oxygens (including phenoxy) is 3. The van der Waals surface area contributed by atoms with Crippen LogP contribution in [0.3, 0.4) is 0 Å². The second kappa shape index (κ2) is 8.53. The molecule has 2 aromatic rings. The number of nitrogens with one attached hydrogen (secondary N) is 1. The van der Waals surface area contributed by atoms with Gasteiger partial charge in [0.2, 0.25) is 5.75 Å². The fourth-order valence-electron chi connectivity index (χ4n) is 1.90. The number of aromatic hydroxyl groups is 1. The molecule has 0 aromatic heterocycles. The summed E-state index contributed by atoms with van der Waals surface area (Å²) in [7, 11) is 2.80. The minimum Gasteiger partial charge on any atom is -0.502 e. The summed E-state index contributed by atoms with van der Waals surface area (Å²) in [4.78, 5) is 11.7. The van der Waals surface area contributed by atoms with E-state index in [0.717, 1.165) is 0 Å². The van der Waals surface area contributed by atoms with Gasteiger partial charge in [0.1, 0.15) is 0 Å². The van der Waals surface area contributed by atoms with E-state index in [2.05, 4.69) is 10.5 Å². The predicted octanol–water partition coefficient (Wildman–Crippen LogP) is 2.08. The molecule has 0 radical (unpaired) electrons. The number of hydrogen-bond donors (Lipinski definition) is 2. The van der Waals surface area contributed by atoms with E-state index in [1.54, 1.807) is 6.07 Å². The van der Waals surface area contributed by atoms with Gasteiger partial charge in [0.25, 0.3) is 5.91 Å². The van der Waals surface area contributed by atoms with Crippen LogP contribution in [0.4, 0.5) is 4.39 Å². The number of carbonyl (C=O) groups excluding carboxylic acids is 1. The van der Waals surface area contributed by atoms with Crippen molar-refractivity contribution in [1.29, 1.82) is 0 Å². The molecule has 0 aliphatic heterocycles. The summed E-state index contributed by atoms with van der Waals surface area (Å²) in [6.45, 7) is -0.388. The first-order valence-corrected chi connectivity index (χ1v) is 7.19. The van der Waals surface area contributed by atoms with Crippen LogP contribution >= 0.6 is 0 Å². The number of para-hydroxylation sites is 1. The van der Waals surface area contributed by atoms with Crippen LogP contribution in [0.15, 0.2) is 41.5 Å². The molecule has 0 unspecified atom stereocenters. The second-order valence-electron chi connectivity index (χ2n) is 4.79. The number of rotatable bonds is 7. The van der Waals surface area contributed by atoms with E-state index in [9.17, 15) is 14.3 Å². The Hall–Kier alpha value is -3.29. The summed E-state index contributed by atoms with van der Waals surface area (Å²) in [5.74, 6) is -0.858. The van der Waals surface area contributed by atoms with Gasteiger partial charge in [-0.05, 0) is 24.3 Å². The van der Waals surface area contributed by atoms with E-state index >= 15 is 0 Å². The van der Waals surface area contributed by atoms with E-state index in [1.807, 2.05) is 0 Å². The molecule has 2 N–H and O–H groups in total. The Morgan fingerprint density at radius 2 is 1.84 bits per heavy atom. The Morgan fingerprint density at radius 3 is 2.44 bits per heavy atom. The number of halogens is 1. The fraction of sp³-hybridized carbons (Fsp3) is 0.176.